The Bertz CT molecular complexity index is 894. The topological polar surface area (TPSA) is 114 Å². The summed E-state index contributed by atoms with van der Waals surface area (Å²) >= 11 is 0. The minimum absolute atomic E-state index is 0.0596. The summed E-state index contributed by atoms with van der Waals surface area (Å²) in [7, 11) is -0.639. The zero-order valence-electron chi connectivity index (χ0n) is 15.0. The summed E-state index contributed by atoms with van der Waals surface area (Å²) < 4.78 is 30.5. The summed E-state index contributed by atoms with van der Waals surface area (Å²) in [6.45, 7) is 0.711. The molecule has 0 spiro atoms. The monoisotopic (exact) mass is 391 g/mol. The van der Waals surface area contributed by atoms with Crippen LogP contribution in [0.25, 0.3) is 0 Å². The second-order valence-corrected chi connectivity index (χ2v) is 7.50. The van der Waals surface area contributed by atoms with Crippen molar-refractivity contribution >= 4 is 27.5 Å². The predicted molar refractivity (Wildman–Crippen MR) is 100 cm³/mol. The van der Waals surface area contributed by atoms with Crippen molar-refractivity contribution in [2.75, 3.05) is 19.5 Å². The average molecular weight is 391 g/mol. The number of hydrogen-bond donors (Lipinski definition) is 3. The van der Waals surface area contributed by atoms with E-state index >= 15 is 0 Å². The number of anilines is 1. The SMILES string of the molecule is CNS(=O)(=O)c1ccc(NC(=O)C(=O)NCc2ccc(COC)cc2)cc1. The third kappa shape index (κ3) is 5.88. The number of sulfonamides is 1. The van der Waals surface area contributed by atoms with E-state index in [1.807, 2.05) is 24.3 Å². The normalized spacial score (nSPS) is 11.0. The second-order valence-electron chi connectivity index (χ2n) is 5.62. The number of nitrogens with one attached hydrogen (secondary N) is 3. The van der Waals surface area contributed by atoms with Crippen LogP contribution in [0.4, 0.5) is 5.69 Å². The number of hydrogen-bond acceptors (Lipinski definition) is 5. The minimum Gasteiger partial charge on any atom is -0.380 e. The van der Waals surface area contributed by atoms with Gasteiger partial charge in [0.2, 0.25) is 10.0 Å². The van der Waals surface area contributed by atoms with E-state index in [-0.39, 0.29) is 11.4 Å². The van der Waals surface area contributed by atoms with Gasteiger partial charge < -0.3 is 15.4 Å². The number of carbonyl (C=O) groups excluding carboxylic acids is 2. The molecule has 0 saturated heterocycles. The van der Waals surface area contributed by atoms with Crippen LogP contribution in [0.2, 0.25) is 0 Å². The Balaban J connectivity index is 1.89. The Kier molecular flexibility index (Phi) is 7.05. The molecular weight excluding hydrogens is 370 g/mol. The lowest BCUT2D eigenvalue weighted by molar-refractivity contribution is -0.136. The van der Waals surface area contributed by atoms with Crippen LogP contribution in [0.5, 0.6) is 0 Å². The predicted octanol–water partition coefficient (Wildman–Crippen LogP) is 0.996. The van der Waals surface area contributed by atoms with Crippen LogP contribution in [0.1, 0.15) is 11.1 Å². The molecule has 2 rings (SSSR count). The van der Waals surface area contributed by atoms with Gasteiger partial charge in [0.25, 0.3) is 0 Å². The first kappa shape index (κ1) is 20.6. The highest BCUT2D eigenvalue weighted by atomic mass is 32.2. The highest BCUT2D eigenvalue weighted by Gasteiger charge is 2.15. The lowest BCUT2D eigenvalue weighted by atomic mass is 10.1. The van der Waals surface area contributed by atoms with Crippen LogP contribution in [-0.2, 0) is 37.5 Å². The third-order valence-corrected chi connectivity index (χ3v) is 5.11. The molecule has 27 heavy (non-hydrogen) atoms. The first-order chi connectivity index (χ1) is 12.9. The van der Waals surface area contributed by atoms with Crippen molar-refractivity contribution in [1.82, 2.24) is 10.0 Å². The molecule has 0 atom stereocenters. The molecule has 2 amide bonds. The molecule has 0 aliphatic carbocycles. The van der Waals surface area contributed by atoms with Crippen LogP contribution in [0.3, 0.4) is 0 Å². The van der Waals surface area contributed by atoms with E-state index in [0.717, 1.165) is 11.1 Å². The largest absolute Gasteiger partial charge is 0.380 e. The molecule has 0 unspecified atom stereocenters. The molecule has 0 aliphatic rings. The van der Waals surface area contributed by atoms with Crippen LogP contribution < -0.4 is 15.4 Å². The van der Waals surface area contributed by atoms with Gasteiger partial charge in [0, 0.05) is 19.3 Å². The molecule has 2 aromatic rings. The van der Waals surface area contributed by atoms with Gasteiger partial charge in [0.1, 0.15) is 0 Å². The third-order valence-electron chi connectivity index (χ3n) is 3.68. The summed E-state index contributed by atoms with van der Waals surface area (Å²) in [4.78, 5) is 23.9. The molecular formula is C18H21N3O5S. The first-order valence-corrected chi connectivity index (χ1v) is 9.53. The summed E-state index contributed by atoms with van der Waals surface area (Å²) in [5, 5.41) is 4.94. The fourth-order valence-electron chi connectivity index (χ4n) is 2.21. The maximum absolute atomic E-state index is 11.9. The van der Waals surface area contributed by atoms with E-state index in [1.54, 1.807) is 7.11 Å². The second kappa shape index (κ2) is 9.26. The van der Waals surface area contributed by atoms with Gasteiger partial charge in [-0.25, -0.2) is 13.1 Å². The van der Waals surface area contributed by atoms with E-state index in [0.29, 0.717) is 12.3 Å². The lowest BCUT2D eigenvalue weighted by Crippen LogP contribution is -2.34. The fraction of sp³-hybridized carbons (Fsp3) is 0.222. The standard InChI is InChI=1S/C18H21N3O5S/c1-19-27(24,25)16-9-7-15(8-10-16)21-18(23)17(22)20-11-13-3-5-14(6-4-13)12-26-2/h3-10,19H,11-12H2,1-2H3,(H,20,22)(H,21,23). The van der Waals surface area contributed by atoms with Crippen molar-refractivity contribution in [3.63, 3.8) is 0 Å². The maximum atomic E-state index is 11.9. The van der Waals surface area contributed by atoms with Gasteiger partial charge in [-0.15, -0.1) is 0 Å². The Morgan fingerprint density at radius 2 is 1.52 bits per heavy atom. The van der Waals surface area contributed by atoms with Gasteiger partial charge in [-0.05, 0) is 42.4 Å². The van der Waals surface area contributed by atoms with E-state index < -0.39 is 21.8 Å². The van der Waals surface area contributed by atoms with Crippen LogP contribution >= 0.6 is 0 Å². The van der Waals surface area contributed by atoms with Gasteiger partial charge in [0.15, 0.2) is 0 Å². The Hall–Kier alpha value is -2.75. The first-order valence-electron chi connectivity index (χ1n) is 8.05. The molecule has 0 radical (unpaired) electrons. The van der Waals surface area contributed by atoms with Crippen molar-refractivity contribution in [1.29, 1.82) is 0 Å². The molecule has 0 aromatic heterocycles. The fourth-order valence-corrected chi connectivity index (χ4v) is 2.94. The van der Waals surface area contributed by atoms with Gasteiger partial charge in [-0.1, -0.05) is 24.3 Å². The number of amides is 2. The highest BCUT2D eigenvalue weighted by Crippen LogP contribution is 2.13. The molecule has 3 N–H and O–H groups in total. The Morgan fingerprint density at radius 3 is 2.07 bits per heavy atom. The Labute approximate surface area is 158 Å². The Morgan fingerprint density at radius 1 is 0.926 bits per heavy atom. The van der Waals surface area contributed by atoms with Gasteiger partial charge in [-0.2, -0.15) is 0 Å². The van der Waals surface area contributed by atoms with Crippen molar-refractivity contribution in [3.8, 4) is 0 Å². The smallest absolute Gasteiger partial charge is 0.313 e. The van der Waals surface area contributed by atoms with Gasteiger partial charge >= 0.3 is 11.8 Å². The zero-order valence-corrected chi connectivity index (χ0v) is 15.8. The molecule has 8 nitrogen and oxygen atoms in total. The highest BCUT2D eigenvalue weighted by molar-refractivity contribution is 7.89. The van der Waals surface area contributed by atoms with E-state index in [9.17, 15) is 18.0 Å². The number of methoxy groups -OCH3 is 1. The maximum Gasteiger partial charge on any atom is 0.313 e. The number of ether oxygens (including phenoxy) is 1. The van der Waals surface area contributed by atoms with Crippen LogP contribution in [-0.4, -0.2) is 34.4 Å². The molecule has 9 heteroatoms. The zero-order chi connectivity index (χ0) is 19.9. The summed E-state index contributed by atoms with van der Waals surface area (Å²) in [6.07, 6.45) is 0. The molecule has 0 saturated carbocycles. The summed E-state index contributed by atoms with van der Waals surface area (Å²) in [5.74, 6) is -1.63. The average Bonchev–Trinajstić information content (AvgIpc) is 2.67. The molecule has 0 aliphatic heterocycles. The minimum atomic E-state index is -3.56. The molecule has 0 heterocycles. The van der Waals surface area contributed by atoms with E-state index in [1.165, 1.54) is 31.3 Å². The summed E-state index contributed by atoms with van der Waals surface area (Å²) in [6, 6.07) is 12.9. The van der Waals surface area contributed by atoms with Crippen molar-refractivity contribution in [3.05, 3.63) is 59.7 Å². The molecule has 0 fully saturated rings. The quantitative estimate of drug-likeness (QED) is 0.609. The van der Waals surface area contributed by atoms with Gasteiger partial charge in [-0.3, -0.25) is 9.59 Å². The van der Waals surface area contributed by atoms with Crippen LogP contribution in [0, 0.1) is 0 Å². The van der Waals surface area contributed by atoms with Gasteiger partial charge in [0.05, 0.1) is 11.5 Å². The molecule has 144 valence electrons. The van der Waals surface area contributed by atoms with E-state index in [4.69, 9.17) is 4.74 Å². The number of carbonyl (C=O) groups is 2. The number of rotatable bonds is 7. The van der Waals surface area contributed by atoms with Crippen molar-refractivity contribution in [2.24, 2.45) is 0 Å². The molecule has 2 aromatic carbocycles. The lowest BCUT2D eigenvalue weighted by Gasteiger charge is -2.08. The summed E-state index contributed by atoms with van der Waals surface area (Å²) in [5.41, 5.74) is 2.17. The number of benzene rings is 2. The van der Waals surface area contributed by atoms with Crippen molar-refractivity contribution < 1.29 is 22.7 Å². The van der Waals surface area contributed by atoms with Crippen LogP contribution in [0.15, 0.2) is 53.4 Å². The molecule has 0 bridgehead atoms. The van der Waals surface area contributed by atoms with Crippen molar-refractivity contribution in [2.45, 2.75) is 18.0 Å². The van der Waals surface area contributed by atoms with E-state index in [2.05, 4.69) is 15.4 Å².